The largest absolute Gasteiger partial charge is 0.466 e. The minimum atomic E-state index is -0.546. The van der Waals surface area contributed by atoms with Crippen molar-refractivity contribution in [1.82, 2.24) is 10.2 Å². The van der Waals surface area contributed by atoms with Crippen LogP contribution >= 0.6 is 0 Å². The smallest absolute Gasteiger partial charge is 0.408 e. The molecule has 3 rings (SSSR count). The summed E-state index contributed by atoms with van der Waals surface area (Å²) in [7, 11) is 0. The Morgan fingerprint density at radius 3 is 2.43 bits per heavy atom. The maximum atomic E-state index is 12.6. The van der Waals surface area contributed by atoms with Crippen molar-refractivity contribution >= 4 is 12.1 Å². The van der Waals surface area contributed by atoms with Gasteiger partial charge in [-0.1, -0.05) is 30.3 Å². The molecule has 0 radical (unpaired) electrons. The van der Waals surface area contributed by atoms with Crippen molar-refractivity contribution in [3.63, 3.8) is 0 Å². The van der Waals surface area contributed by atoms with E-state index >= 15 is 0 Å². The summed E-state index contributed by atoms with van der Waals surface area (Å²) in [4.78, 5) is 27.3. The van der Waals surface area contributed by atoms with Crippen LogP contribution in [-0.2, 0) is 20.8 Å². The van der Waals surface area contributed by atoms with Gasteiger partial charge in [-0.25, -0.2) is 4.79 Å². The van der Waals surface area contributed by atoms with Gasteiger partial charge in [0.25, 0.3) is 0 Å². The predicted molar refractivity (Wildman–Crippen MR) is 107 cm³/mol. The van der Waals surface area contributed by atoms with E-state index in [1.54, 1.807) is 0 Å². The zero-order chi connectivity index (χ0) is 20.4. The van der Waals surface area contributed by atoms with Crippen molar-refractivity contribution in [3.8, 4) is 0 Å². The Hall–Kier alpha value is -2.08. The van der Waals surface area contributed by atoms with E-state index in [1.165, 1.54) is 5.56 Å². The fraction of sp³-hybridized carbons (Fsp3) is 0.636. The van der Waals surface area contributed by atoms with Crippen LogP contribution < -0.4 is 5.32 Å². The normalized spacial score (nSPS) is 23.9. The molecule has 1 saturated carbocycles. The molecule has 1 aliphatic heterocycles. The first kappa shape index (κ1) is 20.6. The molecule has 1 heterocycles. The molecule has 0 unspecified atom stereocenters. The number of carbonyl (C=O) groups excluding carboxylic acids is 2. The van der Waals surface area contributed by atoms with Crippen molar-refractivity contribution in [3.05, 3.63) is 35.9 Å². The zero-order valence-electron chi connectivity index (χ0n) is 17.4. The molecule has 28 heavy (non-hydrogen) atoms. The van der Waals surface area contributed by atoms with Crippen molar-refractivity contribution < 1.29 is 19.1 Å². The monoisotopic (exact) mass is 388 g/mol. The molecular formula is C22H32N2O4. The van der Waals surface area contributed by atoms with Gasteiger partial charge in [0.05, 0.1) is 12.5 Å². The van der Waals surface area contributed by atoms with E-state index in [0.29, 0.717) is 13.2 Å². The van der Waals surface area contributed by atoms with Crippen LogP contribution in [0.1, 0.15) is 46.1 Å². The first-order chi connectivity index (χ1) is 13.2. The molecule has 1 aromatic carbocycles. The standard InChI is InChI=1S/C22H32N2O4/c1-5-27-19(25)17-14-24(13-16-9-7-6-8-10-16)15-18(17)22(11-12-22)23-20(26)28-21(2,3)4/h6-10,17-18H,5,11-15H2,1-4H3,(H,23,26)/t17-,18+/m0/s1. The van der Waals surface area contributed by atoms with Crippen LogP contribution in [0.2, 0.25) is 0 Å². The number of amides is 1. The lowest BCUT2D eigenvalue weighted by Crippen LogP contribution is -2.48. The van der Waals surface area contributed by atoms with Gasteiger partial charge in [0.1, 0.15) is 5.60 Å². The first-order valence-electron chi connectivity index (χ1n) is 10.2. The Balaban J connectivity index is 1.72. The summed E-state index contributed by atoms with van der Waals surface area (Å²) in [6.07, 6.45) is 1.33. The van der Waals surface area contributed by atoms with E-state index < -0.39 is 11.7 Å². The summed E-state index contributed by atoms with van der Waals surface area (Å²) >= 11 is 0. The molecule has 1 amide bonds. The lowest BCUT2D eigenvalue weighted by Gasteiger charge is -2.29. The third-order valence-electron chi connectivity index (χ3n) is 5.48. The second-order valence-electron chi connectivity index (χ2n) is 8.93. The topological polar surface area (TPSA) is 67.9 Å². The van der Waals surface area contributed by atoms with Crippen LogP contribution in [-0.4, -0.2) is 47.8 Å². The predicted octanol–water partition coefficient (Wildman–Crippen LogP) is 3.36. The molecule has 0 spiro atoms. The lowest BCUT2D eigenvalue weighted by molar-refractivity contribution is -0.149. The zero-order valence-corrected chi connectivity index (χ0v) is 17.4. The fourth-order valence-corrected chi connectivity index (χ4v) is 4.13. The van der Waals surface area contributed by atoms with Gasteiger partial charge in [-0.2, -0.15) is 0 Å². The Morgan fingerprint density at radius 1 is 1.18 bits per heavy atom. The number of rotatable bonds is 6. The van der Waals surface area contributed by atoms with E-state index in [9.17, 15) is 9.59 Å². The Labute approximate surface area is 167 Å². The Kier molecular flexibility index (Phi) is 5.98. The van der Waals surface area contributed by atoms with E-state index in [-0.39, 0.29) is 23.3 Å². The van der Waals surface area contributed by atoms with Crippen LogP contribution in [0.3, 0.4) is 0 Å². The summed E-state index contributed by atoms with van der Waals surface area (Å²) in [5, 5.41) is 3.08. The van der Waals surface area contributed by atoms with Crippen molar-refractivity contribution in [1.29, 1.82) is 0 Å². The van der Waals surface area contributed by atoms with E-state index in [4.69, 9.17) is 9.47 Å². The number of alkyl carbamates (subject to hydrolysis) is 1. The van der Waals surface area contributed by atoms with Crippen molar-refractivity contribution in [2.75, 3.05) is 19.7 Å². The highest BCUT2D eigenvalue weighted by molar-refractivity contribution is 5.75. The maximum absolute atomic E-state index is 12.6. The summed E-state index contributed by atoms with van der Waals surface area (Å²) in [5.74, 6) is -0.371. The number of nitrogens with zero attached hydrogens (tertiary/aromatic N) is 1. The molecule has 0 bridgehead atoms. The summed E-state index contributed by atoms with van der Waals surface area (Å²) in [6.45, 7) is 9.95. The highest BCUT2D eigenvalue weighted by Crippen LogP contribution is 2.49. The van der Waals surface area contributed by atoms with Crippen LogP contribution in [0.25, 0.3) is 0 Å². The van der Waals surface area contributed by atoms with Crippen LogP contribution in [0, 0.1) is 11.8 Å². The van der Waals surface area contributed by atoms with Gasteiger partial charge in [-0.3, -0.25) is 9.69 Å². The van der Waals surface area contributed by atoms with Gasteiger partial charge < -0.3 is 14.8 Å². The van der Waals surface area contributed by atoms with Gasteiger partial charge in [-0.15, -0.1) is 0 Å². The van der Waals surface area contributed by atoms with Gasteiger partial charge in [0.2, 0.25) is 0 Å². The highest BCUT2D eigenvalue weighted by atomic mass is 16.6. The van der Waals surface area contributed by atoms with Crippen molar-refractivity contribution in [2.45, 2.75) is 58.2 Å². The van der Waals surface area contributed by atoms with E-state index in [0.717, 1.165) is 25.9 Å². The highest BCUT2D eigenvalue weighted by Gasteiger charge is 2.58. The second-order valence-corrected chi connectivity index (χ2v) is 8.93. The molecule has 2 aliphatic rings. The molecule has 6 nitrogen and oxygen atoms in total. The molecule has 154 valence electrons. The number of likely N-dealkylation sites (tertiary alicyclic amines) is 1. The Bertz CT molecular complexity index is 694. The molecule has 6 heteroatoms. The van der Waals surface area contributed by atoms with Gasteiger partial charge in [0.15, 0.2) is 0 Å². The van der Waals surface area contributed by atoms with E-state index in [1.807, 2.05) is 45.9 Å². The maximum Gasteiger partial charge on any atom is 0.408 e. The van der Waals surface area contributed by atoms with Crippen LogP contribution in [0.5, 0.6) is 0 Å². The first-order valence-corrected chi connectivity index (χ1v) is 10.2. The fourth-order valence-electron chi connectivity index (χ4n) is 4.13. The van der Waals surface area contributed by atoms with Gasteiger partial charge >= 0.3 is 12.1 Å². The molecular weight excluding hydrogens is 356 g/mol. The van der Waals surface area contributed by atoms with Crippen LogP contribution in [0.4, 0.5) is 4.79 Å². The van der Waals surface area contributed by atoms with Crippen molar-refractivity contribution in [2.24, 2.45) is 11.8 Å². The molecule has 1 aliphatic carbocycles. The number of esters is 1. The average molecular weight is 389 g/mol. The number of carbonyl (C=O) groups is 2. The number of nitrogens with one attached hydrogen (secondary N) is 1. The number of hydrogen-bond acceptors (Lipinski definition) is 5. The number of benzene rings is 1. The van der Waals surface area contributed by atoms with Crippen LogP contribution in [0.15, 0.2) is 30.3 Å². The lowest BCUT2D eigenvalue weighted by atomic mass is 9.87. The molecule has 1 N–H and O–H groups in total. The minimum Gasteiger partial charge on any atom is -0.466 e. The number of ether oxygens (including phenoxy) is 2. The van der Waals surface area contributed by atoms with Gasteiger partial charge in [-0.05, 0) is 46.1 Å². The Morgan fingerprint density at radius 2 is 1.86 bits per heavy atom. The SMILES string of the molecule is CCOC(=O)[C@H]1CN(Cc2ccccc2)C[C@H]1C1(NC(=O)OC(C)(C)C)CC1. The minimum absolute atomic E-state index is 0.0304. The number of hydrogen-bond donors (Lipinski definition) is 1. The molecule has 2 fully saturated rings. The summed E-state index contributed by atoms with van der Waals surface area (Å²) < 4.78 is 10.8. The van der Waals surface area contributed by atoms with E-state index in [2.05, 4.69) is 22.3 Å². The molecule has 1 aromatic rings. The quantitative estimate of drug-likeness (QED) is 0.757. The molecule has 1 saturated heterocycles. The molecule has 2 atom stereocenters. The average Bonchev–Trinajstić information content (AvgIpc) is 3.24. The molecule has 0 aromatic heterocycles. The second kappa shape index (κ2) is 8.11. The van der Waals surface area contributed by atoms with Gasteiger partial charge in [0, 0.05) is 31.1 Å². The third-order valence-corrected chi connectivity index (χ3v) is 5.48. The third kappa shape index (κ3) is 5.04. The summed E-state index contributed by atoms with van der Waals surface area (Å²) in [6, 6.07) is 10.2. The summed E-state index contributed by atoms with van der Waals surface area (Å²) in [5.41, 5.74) is 0.302.